The highest BCUT2D eigenvalue weighted by molar-refractivity contribution is 9.10. The number of carboxylic acids is 1. The number of carboxylic acid groups (broad SMARTS) is 1. The lowest BCUT2D eigenvalue weighted by molar-refractivity contribution is -0.143. The fraction of sp³-hybridized carbons (Fsp3) is 0.462. The van der Waals surface area contributed by atoms with Crippen molar-refractivity contribution in [1.29, 1.82) is 0 Å². The van der Waals surface area contributed by atoms with Gasteiger partial charge in [-0.25, -0.2) is 0 Å². The van der Waals surface area contributed by atoms with Gasteiger partial charge in [-0.05, 0) is 37.5 Å². The first-order valence-electron chi connectivity index (χ1n) is 5.81. The number of nitrogens with zero attached hydrogens (tertiary/aromatic N) is 1. The Morgan fingerprint density at radius 1 is 1.47 bits per heavy atom. The Labute approximate surface area is 110 Å². The fourth-order valence-corrected chi connectivity index (χ4v) is 2.20. The van der Waals surface area contributed by atoms with Crippen LogP contribution in [0.25, 0.3) is 0 Å². The van der Waals surface area contributed by atoms with Crippen LogP contribution in [-0.4, -0.2) is 28.1 Å². The molecule has 1 unspecified atom stereocenters. The first-order valence-corrected chi connectivity index (χ1v) is 6.60. The maximum atomic E-state index is 11.1. The van der Waals surface area contributed by atoms with E-state index in [9.17, 15) is 4.79 Å². The van der Waals surface area contributed by atoms with Gasteiger partial charge in [-0.3, -0.25) is 9.69 Å². The third-order valence-corrected chi connectivity index (χ3v) is 3.68. The van der Waals surface area contributed by atoms with E-state index in [1.54, 1.807) is 6.92 Å². The topological polar surface area (TPSA) is 40.5 Å². The van der Waals surface area contributed by atoms with Crippen LogP contribution in [0.3, 0.4) is 0 Å². The van der Waals surface area contributed by atoms with Gasteiger partial charge in [0.15, 0.2) is 0 Å². The minimum atomic E-state index is -0.742. The molecule has 3 nitrogen and oxygen atoms in total. The summed E-state index contributed by atoms with van der Waals surface area (Å²) in [7, 11) is 0. The summed E-state index contributed by atoms with van der Waals surface area (Å²) in [5, 5.41) is 9.10. The second-order valence-corrected chi connectivity index (χ2v) is 5.46. The summed E-state index contributed by atoms with van der Waals surface area (Å²) in [6, 6.07) is 8.09. The summed E-state index contributed by atoms with van der Waals surface area (Å²) in [5.74, 6) is -0.742. The van der Waals surface area contributed by atoms with Crippen molar-refractivity contribution in [3.05, 3.63) is 34.3 Å². The average molecular weight is 298 g/mol. The van der Waals surface area contributed by atoms with E-state index in [1.165, 1.54) is 0 Å². The van der Waals surface area contributed by atoms with Crippen molar-refractivity contribution in [1.82, 2.24) is 4.90 Å². The first-order chi connectivity index (χ1) is 8.08. The molecule has 4 heteroatoms. The van der Waals surface area contributed by atoms with Gasteiger partial charge in [-0.15, -0.1) is 0 Å². The van der Waals surface area contributed by atoms with Gasteiger partial charge in [-0.2, -0.15) is 0 Å². The Morgan fingerprint density at radius 3 is 2.53 bits per heavy atom. The summed E-state index contributed by atoms with van der Waals surface area (Å²) in [6.07, 6.45) is 2.24. The average Bonchev–Trinajstić information content (AvgIpc) is 3.11. The van der Waals surface area contributed by atoms with Crippen molar-refractivity contribution in [3.63, 3.8) is 0 Å². The molecule has 1 atom stereocenters. The molecule has 1 aromatic carbocycles. The lowest BCUT2D eigenvalue weighted by atomic mass is 10.2. The maximum absolute atomic E-state index is 11.1. The highest BCUT2D eigenvalue weighted by Crippen LogP contribution is 2.30. The Balaban J connectivity index is 2.07. The van der Waals surface area contributed by atoms with Crippen LogP contribution in [0, 0.1) is 0 Å². The van der Waals surface area contributed by atoms with E-state index in [4.69, 9.17) is 5.11 Å². The van der Waals surface area contributed by atoms with Crippen molar-refractivity contribution < 1.29 is 9.90 Å². The van der Waals surface area contributed by atoms with E-state index in [-0.39, 0.29) is 0 Å². The molecular formula is C13H16BrNO2. The molecule has 1 aliphatic rings. The number of halogens is 1. The van der Waals surface area contributed by atoms with Crippen molar-refractivity contribution in [2.75, 3.05) is 0 Å². The number of aliphatic carboxylic acids is 1. The Bertz CT molecular complexity index is 400. The van der Waals surface area contributed by atoms with Gasteiger partial charge in [0.05, 0.1) is 0 Å². The summed E-state index contributed by atoms with van der Waals surface area (Å²) >= 11 is 3.40. The SMILES string of the molecule is CC(C(=O)O)N(Cc1ccc(Br)cc1)C1CC1. The predicted molar refractivity (Wildman–Crippen MR) is 69.8 cm³/mol. The molecule has 0 radical (unpaired) electrons. The molecule has 0 aromatic heterocycles. The number of rotatable bonds is 5. The standard InChI is InChI=1S/C13H16BrNO2/c1-9(13(16)17)15(12-6-7-12)8-10-2-4-11(14)5-3-10/h2-5,9,12H,6-8H2,1H3,(H,16,17). The van der Waals surface area contributed by atoms with Gasteiger partial charge in [0.25, 0.3) is 0 Å². The predicted octanol–water partition coefficient (Wildman–Crippen LogP) is 2.89. The number of carbonyl (C=O) groups is 1. The summed E-state index contributed by atoms with van der Waals surface area (Å²) in [4.78, 5) is 13.1. The van der Waals surface area contributed by atoms with E-state index in [0.717, 1.165) is 22.9 Å². The van der Waals surface area contributed by atoms with Gasteiger partial charge < -0.3 is 5.11 Å². The van der Waals surface area contributed by atoms with Crippen LogP contribution in [0.15, 0.2) is 28.7 Å². The lowest BCUT2D eigenvalue weighted by Crippen LogP contribution is -2.39. The van der Waals surface area contributed by atoms with Gasteiger partial charge in [0.2, 0.25) is 0 Å². The van der Waals surface area contributed by atoms with E-state index in [2.05, 4.69) is 20.8 Å². The smallest absolute Gasteiger partial charge is 0.320 e. The molecule has 17 heavy (non-hydrogen) atoms. The minimum Gasteiger partial charge on any atom is -0.480 e. The van der Waals surface area contributed by atoms with Gasteiger partial charge in [0, 0.05) is 17.1 Å². The first kappa shape index (κ1) is 12.6. The van der Waals surface area contributed by atoms with E-state index < -0.39 is 12.0 Å². The molecule has 0 aliphatic heterocycles. The molecule has 0 spiro atoms. The molecule has 92 valence electrons. The van der Waals surface area contributed by atoms with Gasteiger partial charge in [-0.1, -0.05) is 28.1 Å². The largest absolute Gasteiger partial charge is 0.480 e. The number of benzene rings is 1. The van der Waals surface area contributed by atoms with E-state index in [0.29, 0.717) is 12.6 Å². The molecule has 1 N–H and O–H groups in total. The molecule has 0 amide bonds. The van der Waals surface area contributed by atoms with Crippen LogP contribution in [0.4, 0.5) is 0 Å². The van der Waals surface area contributed by atoms with Crippen LogP contribution in [0.1, 0.15) is 25.3 Å². The third-order valence-electron chi connectivity index (χ3n) is 3.15. The zero-order valence-electron chi connectivity index (χ0n) is 9.77. The number of hydrogen-bond donors (Lipinski definition) is 1. The second kappa shape index (κ2) is 5.19. The summed E-state index contributed by atoms with van der Waals surface area (Å²) < 4.78 is 1.05. The normalized spacial score (nSPS) is 17.1. The molecule has 1 aromatic rings. The fourth-order valence-electron chi connectivity index (χ4n) is 1.93. The summed E-state index contributed by atoms with van der Waals surface area (Å²) in [6.45, 7) is 2.48. The zero-order chi connectivity index (χ0) is 12.4. The summed E-state index contributed by atoms with van der Waals surface area (Å²) in [5.41, 5.74) is 1.16. The van der Waals surface area contributed by atoms with Crippen molar-refractivity contribution in [3.8, 4) is 0 Å². The minimum absolute atomic E-state index is 0.411. The lowest BCUT2D eigenvalue weighted by Gasteiger charge is -2.26. The number of hydrogen-bond acceptors (Lipinski definition) is 2. The van der Waals surface area contributed by atoms with Crippen LogP contribution < -0.4 is 0 Å². The van der Waals surface area contributed by atoms with Crippen LogP contribution in [0.5, 0.6) is 0 Å². The van der Waals surface area contributed by atoms with Gasteiger partial charge >= 0.3 is 5.97 Å². The monoisotopic (exact) mass is 297 g/mol. The van der Waals surface area contributed by atoms with Crippen LogP contribution >= 0.6 is 15.9 Å². The third kappa shape index (κ3) is 3.30. The molecular weight excluding hydrogens is 282 g/mol. The molecule has 1 fully saturated rings. The quantitative estimate of drug-likeness (QED) is 0.908. The van der Waals surface area contributed by atoms with Crippen LogP contribution in [0.2, 0.25) is 0 Å². The van der Waals surface area contributed by atoms with Crippen molar-refractivity contribution >= 4 is 21.9 Å². The van der Waals surface area contributed by atoms with E-state index >= 15 is 0 Å². The molecule has 2 rings (SSSR count). The van der Waals surface area contributed by atoms with Crippen molar-refractivity contribution in [2.24, 2.45) is 0 Å². The Hall–Kier alpha value is -0.870. The highest BCUT2D eigenvalue weighted by atomic mass is 79.9. The van der Waals surface area contributed by atoms with E-state index in [1.807, 2.05) is 24.3 Å². The second-order valence-electron chi connectivity index (χ2n) is 4.54. The maximum Gasteiger partial charge on any atom is 0.320 e. The molecule has 0 bridgehead atoms. The zero-order valence-corrected chi connectivity index (χ0v) is 11.4. The Morgan fingerprint density at radius 2 is 2.06 bits per heavy atom. The molecule has 1 aliphatic carbocycles. The Kier molecular flexibility index (Phi) is 3.84. The van der Waals surface area contributed by atoms with Crippen molar-refractivity contribution in [2.45, 2.75) is 38.4 Å². The highest BCUT2D eigenvalue weighted by Gasteiger charge is 2.34. The molecule has 0 heterocycles. The van der Waals surface area contributed by atoms with Gasteiger partial charge in [0.1, 0.15) is 6.04 Å². The molecule has 1 saturated carbocycles. The van der Waals surface area contributed by atoms with Crippen LogP contribution in [-0.2, 0) is 11.3 Å². The molecule has 0 saturated heterocycles.